The highest BCUT2D eigenvalue weighted by Crippen LogP contribution is 2.32. The molecule has 2 aromatic rings. The summed E-state index contributed by atoms with van der Waals surface area (Å²) in [6.07, 6.45) is 2.91. The molecule has 0 atom stereocenters. The number of anilines is 1. The van der Waals surface area contributed by atoms with Gasteiger partial charge in [0.15, 0.2) is 10.8 Å². The molecule has 2 aromatic heterocycles. The van der Waals surface area contributed by atoms with Gasteiger partial charge in [-0.3, -0.25) is 10.1 Å². The van der Waals surface area contributed by atoms with E-state index in [-0.39, 0.29) is 5.91 Å². The fourth-order valence-corrected chi connectivity index (χ4v) is 3.83. The minimum absolute atomic E-state index is 0.210. The van der Waals surface area contributed by atoms with Crippen molar-refractivity contribution in [2.75, 3.05) is 18.0 Å². The van der Waals surface area contributed by atoms with Crippen LogP contribution in [0.5, 0.6) is 0 Å². The number of carbonyl (C=O) groups is 2. The summed E-state index contributed by atoms with van der Waals surface area (Å²) in [4.78, 5) is 34.2. The third kappa shape index (κ3) is 1.94. The number of carbonyl (C=O) groups excluding carboxylic acids is 2. The maximum atomic E-state index is 11.9. The lowest BCUT2D eigenvalue weighted by Gasteiger charge is -2.36. The van der Waals surface area contributed by atoms with Crippen molar-refractivity contribution in [3.63, 3.8) is 0 Å². The molecule has 3 amide bonds. The monoisotopic (exact) mass is 303 g/mol. The molecular formula is C13H13N5O2S. The van der Waals surface area contributed by atoms with E-state index in [0.29, 0.717) is 25.9 Å². The van der Waals surface area contributed by atoms with Crippen molar-refractivity contribution in [3.05, 3.63) is 18.3 Å². The largest absolute Gasteiger partial charge is 0.348 e. The first-order valence-electron chi connectivity index (χ1n) is 6.76. The summed E-state index contributed by atoms with van der Waals surface area (Å²) in [5, 5.41) is 6.00. The number of nitrogens with one attached hydrogen (secondary N) is 2. The number of piperidine rings is 1. The van der Waals surface area contributed by atoms with E-state index in [9.17, 15) is 9.59 Å². The summed E-state index contributed by atoms with van der Waals surface area (Å²) < 4.78 is 1.06. The van der Waals surface area contributed by atoms with E-state index in [1.54, 1.807) is 17.5 Å². The molecule has 2 fully saturated rings. The summed E-state index contributed by atoms with van der Waals surface area (Å²) in [6, 6.07) is 3.51. The highest BCUT2D eigenvalue weighted by atomic mass is 32.1. The van der Waals surface area contributed by atoms with Gasteiger partial charge in [0.05, 0.1) is 4.70 Å². The fourth-order valence-electron chi connectivity index (χ4n) is 2.85. The molecule has 2 N–H and O–H groups in total. The van der Waals surface area contributed by atoms with Gasteiger partial charge >= 0.3 is 6.03 Å². The fraction of sp³-hybridized carbons (Fsp3) is 0.385. The molecule has 21 heavy (non-hydrogen) atoms. The van der Waals surface area contributed by atoms with Gasteiger partial charge in [-0.2, -0.15) is 4.98 Å². The standard InChI is InChI=1S/C13H13N5O2S/c19-10-13(17-11(20)16-10)3-6-18(7-4-13)12-15-9-8(21-12)2-1-5-14-9/h1-2,5H,3-4,6-7H2,(H2,16,17,19,20). The van der Waals surface area contributed by atoms with Gasteiger partial charge in [-0.15, -0.1) is 0 Å². The Morgan fingerprint density at radius 3 is 2.76 bits per heavy atom. The molecule has 0 aromatic carbocycles. The van der Waals surface area contributed by atoms with E-state index >= 15 is 0 Å². The summed E-state index contributed by atoms with van der Waals surface area (Å²) >= 11 is 1.60. The lowest BCUT2D eigenvalue weighted by molar-refractivity contribution is -0.124. The lowest BCUT2D eigenvalue weighted by Crippen LogP contribution is -2.54. The van der Waals surface area contributed by atoms with Crippen molar-refractivity contribution in [1.29, 1.82) is 0 Å². The van der Waals surface area contributed by atoms with Gasteiger partial charge in [0, 0.05) is 19.3 Å². The minimum atomic E-state index is -0.734. The van der Waals surface area contributed by atoms with Gasteiger partial charge < -0.3 is 10.2 Å². The van der Waals surface area contributed by atoms with Gasteiger partial charge in [-0.1, -0.05) is 11.3 Å². The zero-order chi connectivity index (χ0) is 14.4. The van der Waals surface area contributed by atoms with Crippen molar-refractivity contribution in [3.8, 4) is 0 Å². The van der Waals surface area contributed by atoms with Crippen LogP contribution in [0, 0.1) is 0 Å². The average molecular weight is 303 g/mol. The Hall–Kier alpha value is -2.22. The number of urea groups is 1. The molecule has 2 aliphatic heterocycles. The molecule has 2 aliphatic rings. The number of amides is 3. The number of pyridine rings is 1. The topological polar surface area (TPSA) is 87.2 Å². The Balaban J connectivity index is 1.55. The van der Waals surface area contributed by atoms with Crippen molar-refractivity contribution in [2.45, 2.75) is 18.4 Å². The van der Waals surface area contributed by atoms with Gasteiger partial charge in [-0.05, 0) is 25.0 Å². The van der Waals surface area contributed by atoms with Crippen LogP contribution in [0.25, 0.3) is 10.3 Å². The summed E-state index contributed by atoms with van der Waals surface area (Å²) in [5.74, 6) is -0.210. The molecule has 0 saturated carbocycles. The predicted molar refractivity (Wildman–Crippen MR) is 78.3 cm³/mol. The van der Waals surface area contributed by atoms with Crippen LogP contribution in [0.15, 0.2) is 18.3 Å². The number of hydrogen-bond acceptors (Lipinski definition) is 6. The Morgan fingerprint density at radius 2 is 2.10 bits per heavy atom. The molecule has 7 nitrogen and oxygen atoms in total. The lowest BCUT2D eigenvalue weighted by atomic mass is 9.88. The minimum Gasteiger partial charge on any atom is -0.348 e. The third-order valence-electron chi connectivity index (χ3n) is 4.06. The molecule has 4 heterocycles. The Morgan fingerprint density at radius 1 is 1.29 bits per heavy atom. The molecule has 4 rings (SSSR count). The van der Waals surface area contributed by atoms with Crippen LogP contribution < -0.4 is 15.5 Å². The maximum Gasteiger partial charge on any atom is 0.322 e. The SMILES string of the molecule is O=C1NC(=O)C2(CCN(c3nc4ncccc4s3)CC2)N1. The first kappa shape index (κ1) is 12.5. The third-order valence-corrected chi connectivity index (χ3v) is 5.13. The molecule has 108 valence electrons. The van der Waals surface area contributed by atoms with Crippen LogP contribution in [-0.2, 0) is 4.79 Å². The van der Waals surface area contributed by atoms with Crippen LogP contribution in [0.1, 0.15) is 12.8 Å². The first-order valence-corrected chi connectivity index (χ1v) is 7.58. The smallest absolute Gasteiger partial charge is 0.322 e. The molecule has 0 radical (unpaired) electrons. The predicted octanol–water partition coefficient (Wildman–Crippen LogP) is 0.870. The van der Waals surface area contributed by atoms with Crippen LogP contribution in [0.3, 0.4) is 0 Å². The molecule has 8 heteroatoms. The number of imide groups is 1. The highest BCUT2D eigenvalue weighted by Gasteiger charge is 2.48. The summed E-state index contributed by atoms with van der Waals surface area (Å²) in [5.41, 5.74) is 0.0207. The quantitative estimate of drug-likeness (QED) is 0.763. The molecular weight excluding hydrogens is 290 g/mol. The number of fused-ring (bicyclic) bond motifs is 1. The summed E-state index contributed by atoms with van der Waals surface area (Å²) in [7, 11) is 0. The van der Waals surface area contributed by atoms with Gasteiger partial charge in [-0.25, -0.2) is 9.78 Å². The van der Waals surface area contributed by atoms with Crippen molar-refractivity contribution < 1.29 is 9.59 Å². The second-order valence-electron chi connectivity index (χ2n) is 5.30. The first-order chi connectivity index (χ1) is 10.2. The Labute approximate surface area is 124 Å². The average Bonchev–Trinajstić information content (AvgIpc) is 3.02. The zero-order valence-corrected chi connectivity index (χ0v) is 11.9. The number of hydrogen-bond donors (Lipinski definition) is 2. The van der Waals surface area contributed by atoms with E-state index < -0.39 is 11.6 Å². The van der Waals surface area contributed by atoms with Crippen molar-refractivity contribution in [2.24, 2.45) is 0 Å². The molecule has 0 aliphatic carbocycles. The molecule has 2 saturated heterocycles. The van der Waals surface area contributed by atoms with Crippen LogP contribution >= 0.6 is 11.3 Å². The van der Waals surface area contributed by atoms with E-state index in [1.165, 1.54) is 0 Å². The van der Waals surface area contributed by atoms with Gasteiger partial charge in [0.1, 0.15) is 5.54 Å². The zero-order valence-electron chi connectivity index (χ0n) is 11.1. The number of nitrogens with zero attached hydrogens (tertiary/aromatic N) is 3. The second kappa shape index (κ2) is 4.39. The number of aromatic nitrogens is 2. The number of rotatable bonds is 1. The van der Waals surface area contributed by atoms with Crippen LogP contribution in [0.2, 0.25) is 0 Å². The van der Waals surface area contributed by atoms with Gasteiger partial charge in [0.25, 0.3) is 5.91 Å². The summed E-state index contributed by atoms with van der Waals surface area (Å²) in [6.45, 7) is 1.38. The van der Waals surface area contributed by atoms with E-state index in [0.717, 1.165) is 15.5 Å². The van der Waals surface area contributed by atoms with Crippen LogP contribution in [-0.4, -0.2) is 40.5 Å². The second-order valence-corrected chi connectivity index (χ2v) is 6.31. The van der Waals surface area contributed by atoms with E-state index in [1.807, 2.05) is 12.1 Å². The normalized spacial score (nSPS) is 20.9. The Kier molecular flexibility index (Phi) is 2.61. The van der Waals surface area contributed by atoms with E-state index in [4.69, 9.17) is 0 Å². The number of thiazole rings is 1. The molecule has 1 spiro atoms. The Bertz CT molecular complexity index is 702. The van der Waals surface area contributed by atoms with Gasteiger partial charge in [0.2, 0.25) is 0 Å². The van der Waals surface area contributed by atoms with Crippen molar-refractivity contribution in [1.82, 2.24) is 20.6 Å². The molecule has 0 bridgehead atoms. The van der Waals surface area contributed by atoms with Crippen LogP contribution in [0.4, 0.5) is 9.93 Å². The van der Waals surface area contributed by atoms with Crippen molar-refractivity contribution >= 4 is 38.8 Å². The van der Waals surface area contributed by atoms with E-state index in [2.05, 4.69) is 25.5 Å². The maximum absolute atomic E-state index is 11.9. The highest BCUT2D eigenvalue weighted by molar-refractivity contribution is 7.22. The molecule has 0 unspecified atom stereocenters.